The number of halogens is 2. The Bertz CT molecular complexity index is 1430. The summed E-state index contributed by atoms with van der Waals surface area (Å²) in [7, 11) is 0. The molecule has 3 aromatic carbocycles. The number of allylic oxidation sites excluding steroid dienone is 1. The van der Waals surface area contributed by atoms with Gasteiger partial charge in [-0.05, 0) is 59.2 Å². The molecule has 0 amide bonds. The van der Waals surface area contributed by atoms with E-state index in [1.165, 1.54) is 12.1 Å². The number of hydrogen-bond acceptors (Lipinski definition) is 4. The number of carboxylic acid groups (broad SMARTS) is 1. The zero-order valence-electron chi connectivity index (χ0n) is 19.3. The van der Waals surface area contributed by atoms with Crippen molar-refractivity contribution in [2.45, 2.75) is 25.6 Å². The van der Waals surface area contributed by atoms with Gasteiger partial charge < -0.3 is 10.5 Å². The second-order valence-corrected chi connectivity index (χ2v) is 8.88. The standard InChI is InChI=1S/C29H23F2N3O2/c30-23-7-2-1-6-21(23)27(18-4-3-5-18)26(19-11-8-17(9-12-19)10-15-25(35)36)20-13-14-24-28(22(20)16-32)29(31)34-33-24/h1-2,6-15,18,29,33-34H,3-5H2,(H,35,36)/b15-10+,27-26+. The largest absolute Gasteiger partial charge is 0.478 e. The SMILES string of the molecule is N#Cc1c(/C(=C(/c2ccccc2F)C2CCC2)c2ccc(/C=C/C(=O)O)cc2)ccc2c1C(F)NN2. The van der Waals surface area contributed by atoms with Crippen LogP contribution in [0.4, 0.5) is 14.5 Å². The zero-order valence-corrected chi connectivity index (χ0v) is 19.3. The molecule has 0 spiro atoms. The van der Waals surface area contributed by atoms with E-state index in [4.69, 9.17) is 5.11 Å². The van der Waals surface area contributed by atoms with Crippen LogP contribution in [0.3, 0.4) is 0 Å². The number of nitriles is 1. The normalized spacial score (nSPS) is 17.6. The third-order valence-electron chi connectivity index (χ3n) is 6.78. The lowest BCUT2D eigenvalue weighted by Crippen LogP contribution is -2.16. The molecule has 1 fully saturated rings. The van der Waals surface area contributed by atoms with Gasteiger partial charge in [0.1, 0.15) is 11.9 Å². The Morgan fingerprint density at radius 1 is 1.06 bits per heavy atom. The molecule has 2 aliphatic rings. The molecule has 180 valence electrons. The Kier molecular flexibility index (Phi) is 6.36. The molecule has 5 rings (SSSR count). The van der Waals surface area contributed by atoms with E-state index < -0.39 is 12.3 Å². The van der Waals surface area contributed by atoms with Gasteiger partial charge in [0.25, 0.3) is 0 Å². The Hall–Kier alpha value is -4.28. The molecule has 0 radical (unpaired) electrons. The van der Waals surface area contributed by atoms with Crippen molar-refractivity contribution < 1.29 is 18.7 Å². The summed E-state index contributed by atoms with van der Waals surface area (Å²) in [6.45, 7) is 0. The molecule has 1 heterocycles. The molecule has 1 aliphatic heterocycles. The van der Waals surface area contributed by atoms with Crippen LogP contribution in [0, 0.1) is 23.1 Å². The highest BCUT2D eigenvalue weighted by Gasteiger charge is 2.32. The number of aliphatic carboxylic acids is 1. The Labute approximate surface area is 207 Å². The van der Waals surface area contributed by atoms with Crippen molar-refractivity contribution in [1.29, 1.82) is 5.26 Å². The van der Waals surface area contributed by atoms with E-state index in [9.17, 15) is 14.4 Å². The van der Waals surface area contributed by atoms with E-state index in [1.54, 1.807) is 42.5 Å². The fourth-order valence-electron chi connectivity index (χ4n) is 4.85. The van der Waals surface area contributed by atoms with Crippen LogP contribution < -0.4 is 10.9 Å². The summed E-state index contributed by atoms with van der Waals surface area (Å²) in [5.41, 5.74) is 10.1. The van der Waals surface area contributed by atoms with Crippen LogP contribution in [0.15, 0.2) is 66.7 Å². The summed E-state index contributed by atoms with van der Waals surface area (Å²) in [4.78, 5) is 10.9. The van der Waals surface area contributed by atoms with Crippen LogP contribution in [-0.2, 0) is 4.79 Å². The van der Waals surface area contributed by atoms with Crippen LogP contribution in [0.25, 0.3) is 17.2 Å². The average Bonchev–Trinajstić information content (AvgIpc) is 3.23. The van der Waals surface area contributed by atoms with E-state index in [-0.39, 0.29) is 22.9 Å². The maximum atomic E-state index is 15.2. The van der Waals surface area contributed by atoms with Crippen molar-refractivity contribution in [2.75, 3.05) is 5.43 Å². The van der Waals surface area contributed by atoms with Gasteiger partial charge in [-0.25, -0.2) is 19.0 Å². The van der Waals surface area contributed by atoms with Crippen molar-refractivity contribution >= 4 is 28.9 Å². The number of nitrogens with zero attached hydrogens (tertiary/aromatic N) is 1. The molecule has 0 saturated heterocycles. The fourth-order valence-corrected chi connectivity index (χ4v) is 4.85. The van der Waals surface area contributed by atoms with Crippen molar-refractivity contribution in [3.05, 3.63) is 106 Å². The quantitative estimate of drug-likeness (QED) is 0.213. The Balaban J connectivity index is 1.80. The van der Waals surface area contributed by atoms with Gasteiger partial charge in [0.05, 0.1) is 11.3 Å². The van der Waals surface area contributed by atoms with Crippen LogP contribution in [0.2, 0.25) is 0 Å². The zero-order chi connectivity index (χ0) is 25.2. The molecular weight excluding hydrogens is 460 g/mol. The number of benzene rings is 3. The molecule has 1 aliphatic carbocycles. The van der Waals surface area contributed by atoms with Gasteiger partial charge in [0, 0.05) is 22.8 Å². The molecule has 36 heavy (non-hydrogen) atoms. The summed E-state index contributed by atoms with van der Waals surface area (Å²) >= 11 is 0. The molecule has 1 atom stereocenters. The predicted octanol–water partition coefficient (Wildman–Crippen LogP) is 6.45. The summed E-state index contributed by atoms with van der Waals surface area (Å²) in [6.07, 6.45) is 3.77. The minimum absolute atomic E-state index is 0.0840. The Morgan fingerprint density at radius 3 is 2.44 bits per heavy atom. The van der Waals surface area contributed by atoms with Crippen molar-refractivity contribution in [3.63, 3.8) is 0 Å². The summed E-state index contributed by atoms with van der Waals surface area (Å²) in [5, 5.41) is 19.1. The summed E-state index contributed by atoms with van der Waals surface area (Å²) < 4.78 is 30.0. The van der Waals surface area contributed by atoms with E-state index in [0.29, 0.717) is 28.0 Å². The first kappa shape index (κ1) is 23.5. The summed E-state index contributed by atoms with van der Waals surface area (Å²) in [6, 6.07) is 19.5. The molecular formula is C29H23F2N3O2. The van der Waals surface area contributed by atoms with Gasteiger partial charge in [-0.2, -0.15) is 5.26 Å². The van der Waals surface area contributed by atoms with Crippen molar-refractivity contribution in [3.8, 4) is 6.07 Å². The first-order valence-electron chi connectivity index (χ1n) is 11.7. The van der Waals surface area contributed by atoms with Crippen molar-refractivity contribution in [1.82, 2.24) is 5.43 Å². The second kappa shape index (κ2) is 9.76. The third-order valence-corrected chi connectivity index (χ3v) is 6.78. The average molecular weight is 484 g/mol. The van der Waals surface area contributed by atoms with Crippen LogP contribution in [-0.4, -0.2) is 11.1 Å². The summed E-state index contributed by atoms with van der Waals surface area (Å²) in [5.74, 6) is -1.32. The van der Waals surface area contributed by atoms with Crippen LogP contribution in [0.1, 0.15) is 58.9 Å². The highest BCUT2D eigenvalue weighted by molar-refractivity contribution is 6.01. The maximum absolute atomic E-state index is 15.2. The number of hydrazine groups is 1. The van der Waals surface area contributed by atoms with E-state index >= 15 is 4.39 Å². The third kappa shape index (κ3) is 4.28. The van der Waals surface area contributed by atoms with Crippen molar-refractivity contribution in [2.24, 2.45) is 5.92 Å². The highest BCUT2D eigenvalue weighted by Crippen LogP contribution is 2.47. The number of carboxylic acids is 1. The number of hydrogen-bond donors (Lipinski definition) is 3. The predicted molar refractivity (Wildman–Crippen MR) is 135 cm³/mol. The van der Waals surface area contributed by atoms with Gasteiger partial charge in [-0.15, -0.1) is 0 Å². The monoisotopic (exact) mass is 483 g/mol. The maximum Gasteiger partial charge on any atom is 0.328 e. The first-order chi connectivity index (χ1) is 17.5. The lowest BCUT2D eigenvalue weighted by Gasteiger charge is -2.32. The van der Waals surface area contributed by atoms with E-state index in [2.05, 4.69) is 16.9 Å². The molecule has 0 aromatic heterocycles. The number of nitrogens with one attached hydrogen (secondary N) is 2. The number of fused-ring (bicyclic) bond motifs is 1. The highest BCUT2D eigenvalue weighted by atomic mass is 19.1. The molecule has 1 saturated carbocycles. The molecule has 5 nitrogen and oxygen atoms in total. The second-order valence-electron chi connectivity index (χ2n) is 8.88. The van der Waals surface area contributed by atoms with Gasteiger partial charge in [0.15, 0.2) is 6.30 Å². The fraction of sp³-hybridized carbons (Fsp3) is 0.172. The topological polar surface area (TPSA) is 85.2 Å². The lowest BCUT2D eigenvalue weighted by atomic mass is 9.72. The molecule has 7 heteroatoms. The number of rotatable bonds is 6. The van der Waals surface area contributed by atoms with Gasteiger partial charge in [0.2, 0.25) is 0 Å². The minimum Gasteiger partial charge on any atom is -0.478 e. The van der Waals surface area contributed by atoms with E-state index in [0.717, 1.165) is 36.5 Å². The van der Waals surface area contributed by atoms with Gasteiger partial charge in [-0.1, -0.05) is 55.0 Å². The lowest BCUT2D eigenvalue weighted by molar-refractivity contribution is -0.131. The van der Waals surface area contributed by atoms with E-state index in [1.807, 2.05) is 12.1 Å². The molecule has 0 bridgehead atoms. The number of carbonyl (C=O) groups is 1. The Morgan fingerprint density at radius 2 is 1.81 bits per heavy atom. The van der Waals surface area contributed by atoms with Gasteiger partial charge in [-0.3, -0.25) is 0 Å². The molecule has 1 unspecified atom stereocenters. The van der Waals surface area contributed by atoms with Crippen LogP contribution in [0.5, 0.6) is 0 Å². The molecule has 3 N–H and O–H groups in total. The first-order valence-corrected chi connectivity index (χ1v) is 11.7. The number of anilines is 1. The molecule has 3 aromatic rings. The number of alkyl halides is 1. The van der Waals surface area contributed by atoms with Gasteiger partial charge >= 0.3 is 5.97 Å². The van der Waals surface area contributed by atoms with Crippen LogP contribution >= 0.6 is 0 Å². The minimum atomic E-state index is -1.56. The smallest absolute Gasteiger partial charge is 0.328 e.